The summed E-state index contributed by atoms with van der Waals surface area (Å²) in [7, 11) is 3.31. The predicted molar refractivity (Wildman–Crippen MR) is 126 cm³/mol. The van der Waals surface area contributed by atoms with Crippen molar-refractivity contribution in [3.8, 4) is 23.0 Å². The van der Waals surface area contributed by atoms with E-state index >= 15 is 0 Å². The molecule has 1 unspecified atom stereocenters. The Balaban J connectivity index is 1.72. The summed E-state index contributed by atoms with van der Waals surface area (Å²) in [6.07, 6.45) is 1.22. The van der Waals surface area contributed by atoms with Gasteiger partial charge in [0.1, 0.15) is 23.0 Å². The van der Waals surface area contributed by atoms with Crippen molar-refractivity contribution in [1.82, 2.24) is 4.90 Å². The smallest absolute Gasteiger partial charge is 0.306 e. The van der Waals surface area contributed by atoms with Crippen molar-refractivity contribution >= 4 is 5.97 Å². The molecule has 1 N–H and O–H groups in total. The summed E-state index contributed by atoms with van der Waals surface area (Å²) in [6.45, 7) is 1.34. The van der Waals surface area contributed by atoms with E-state index in [1.807, 2.05) is 66.7 Å². The second-order valence-electron chi connectivity index (χ2n) is 8.15. The Morgan fingerprint density at radius 2 is 1.61 bits per heavy atom. The predicted octanol–water partition coefficient (Wildman–Crippen LogP) is 5.38. The van der Waals surface area contributed by atoms with Crippen molar-refractivity contribution < 1.29 is 24.1 Å². The summed E-state index contributed by atoms with van der Waals surface area (Å²) in [5, 5.41) is 9.45. The van der Waals surface area contributed by atoms with E-state index in [2.05, 4.69) is 11.0 Å². The molecule has 0 saturated carbocycles. The summed E-state index contributed by atoms with van der Waals surface area (Å²) in [6, 6.07) is 23.4. The van der Waals surface area contributed by atoms with Crippen LogP contribution in [0.2, 0.25) is 0 Å². The second-order valence-corrected chi connectivity index (χ2v) is 8.15. The van der Waals surface area contributed by atoms with Gasteiger partial charge in [-0.05, 0) is 74.0 Å². The van der Waals surface area contributed by atoms with Crippen molar-refractivity contribution in [3.05, 3.63) is 83.9 Å². The van der Waals surface area contributed by atoms with Crippen LogP contribution >= 0.6 is 0 Å². The van der Waals surface area contributed by atoms with Gasteiger partial charge >= 0.3 is 5.97 Å². The molecular weight excluding hydrogens is 418 g/mol. The van der Waals surface area contributed by atoms with E-state index in [1.165, 1.54) is 0 Å². The first-order valence-electron chi connectivity index (χ1n) is 11.1. The van der Waals surface area contributed by atoms with Crippen molar-refractivity contribution in [1.29, 1.82) is 0 Å². The summed E-state index contributed by atoms with van der Waals surface area (Å²) < 4.78 is 17.3. The molecule has 3 aromatic rings. The molecule has 172 valence electrons. The van der Waals surface area contributed by atoms with Crippen molar-refractivity contribution in [2.45, 2.75) is 18.9 Å². The molecule has 0 spiro atoms. The van der Waals surface area contributed by atoms with Gasteiger partial charge in [-0.3, -0.25) is 9.69 Å². The molecule has 33 heavy (non-hydrogen) atoms. The maximum atomic E-state index is 11.5. The SMILES string of the molecule is COc1ccc(OC)c(C(c2cccc(Oc3ccccc3)c2)N2CCC(C(=O)O)CC2)c1. The Morgan fingerprint density at radius 1 is 0.879 bits per heavy atom. The number of hydrogen-bond donors (Lipinski definition) is 1. The van der Waals surface area contributed by atoms with Gasteiger partial charge in [0, 0.05) is 5.56 Å². The average Bonchev–Trinajstić information content (AvgIpc) is 2.85. The number of ether oxygens (including phenoxy) is 3. The van der Waals surface area contributed by atoms with Crippen molar-refractivity contribution in [2.24, 2.45) is 5.92 Å². The molecule has 1 fully saturated rings. The highest BCUT2D eigenvalue weighted by molar-refractivity contribution is 5.70. The van der Waals surface area contributed by atoms with Gasteiger partial charge in [0.25, 0.3) is 0 Å². The van der Waals surface area contributed by atoms with Crippen LogP contribution in [0.1, 0.15) is 30.0 Å². The van der Waals surface area contributed by atoms with Gasteiger partial charge < -0.3 is 19.3 Å². The number of carbonyl (C=O) groups is 1. The number of carboxylic acid groups (broad SMARTS) is 1. The first kappa shape index (κ1) is 22.7. The zero-order chi connectivity index (χ0) is 23.2. The van der Waals surface area contributed by atoms with Crippen LogP contribution in [0.25, 0.3) is 0 Å². The molecule has 0 aromatic heterocycles. The van der Waals surface area contributed by atoms with E-state index < -0.39 is 5.97 Å². The number of likely N-dealkylation sites (tertiary alicyclic amines) is 1. The summed E-state index contributed by atoms with van der Waals surface area (Å²) >= 11 is 0. The van der Waals surface area contributed by atoms with Gasteiger partial charge in [-0.1, -0.05) is 30.3 Å². The molecule has 1 aliphatic heterocycles. The molecular formula is C27H29NO5. The topological polar surface area (TPSA) is 68.2 Å². The molecule has 4 rings (SSSR count). The van der Waals surface area contributed by atoms with Crippen LogP contribution in [0.5, 0.6) is 23.0 Å². The zero-order valence-electron chi connectivity index (χ0n) is 18.9. The zero-order valence-corrected chi connectivity index (χ0v) is 18.9. The number of aliphatic carboxylic acids is 1. The van der Waals surface area contributed by atoms with Gasteiger partial charge in [-0.25, -0.2) is 0 Å². The number of benzene rings is 3. The molecule has 1 heterocycles. The molecule has 6 nitrogen and oxygen atoms in total. The number of hydrogen-bond acceptors (Lipinski definition) is 5. The van der Waals surface area contributed by atoms with Crippen LogP contribution in [0, 0.1) is 5.92 Å². The first-order valence-corrected chi connectivity index (χ1v) is 11.1. The third kappa shape index (κ3) is 5.29. The van der Waals surface area contributed by atoms with Gasteiger partial charge in [0.05, 0.1) is 26.2 Å². The number of para-hydroxylation sites is 1. The van der Waals surface area contributed by atoms with Crippen LogP contribution < -0.4 is 14.2 Å². The molecule has 0 bridgehead atoms. The highest BCUT2D eigenvalue weighted by Crippen LogP contribution is 2.40. The Labute approximate surface area is 194 Å². The van der Waals surface area contributed by atoms with Gasteiger partial charge in [-0.15, -0.1) is 0 Å². The van der Waals surface area contributed by atoms with E-state index in [-0.39, 0.29) is 12.0 Å². The molecule has 1 atom stereocenters. The van der Waals surface area contributed by atoms with E-state index in [0.29, 0.717) is 25.9 Å². The highest BCUT2D eigenvalue weighted by atomic mass is 16.5. The van der Waals surface area contributed by atoms with Crippen LogP contribution in [0.4, 0.5) is 0 Å². The van der Waals surface area contributed by atoms with Crippen molar-refractivity contribution in [3.63, 3.8) is 0 Å². The van der Waals surface area contributed by atoms with E-state index in [1.54, 1.807) is 14.2 Å². The van der Waals surface area contributed by atoms with Crippen LogP contribution in [-0.4, -0.2) is 43.3 Å². The van der Waals surface area contributed by atoms with E-state index in [9.17, 15) is 9.90 Å². The Hall–Kier alpha value is -3.51. The fourth-order valence-corrected chi connectivity index (χ4v) is 4.42. The maximum absolute atomic E-state index is 11.5. The normalized spacial score (nSPS) is 15.6. The minimum Gasteiger partial charge on any atom is -0.497 e. The lowest BCUT2D eigenvalue weighted by Gasteiger charge is -2.37. The monoisotopic (exact) mass is 447 g/mol. The Morgan fingerprint density at radius 3 is 2.27 bits per heavy atom. The highest BCUT2D eigenvalue weighted by Gasteiger charge is 2.32. The standard InChI is InChI=1S/C27H29NO5/c1-31-22-11-12-25(32-2)24(18-22)26(28-15-13-19(14-16-28)27(29)30)20-7-6-10-23(17-20)33-21-8-4-3-5-9-21/h3-12,17-19,26H,13-16H2,1-2H3,(H,29,30). The lowest BCUT2D eigenvalue weighted by molar-refractivity contribution is -0.143. The fraction of sp³-hybridized carbons (Fsp3) is 0.296. The van der Waals surface area contributed by atoms with Gasteiger partial charge in [-0.2, -0.15) is 0 Å². The summed E-state index contributed by atoms with van der Waals surface area (Å²) in [4.78, 5) is 13.8. The summed E-state index contributed by atoms with van der Waals surface area (Å²) in [5.41, 5.74) is 2.02. The third-order valence-electron chi connectivity index (χ3n) is 6.13. The quantitative estimate of drug-likeness (QED) is 0.500. The number of piperidine rings is 1. The maximum Gasteiger partial charge on any atom is 0.306 e. The molecule has 0 radical (unpaired) electrons. The number of rotatable bonds is 8. The lowest BCUT2D eigenvalue weighted by atomic mass is 9.90. The largest absolute Gasteiger partial charge is 0.497 e. The minimum atomic E-state index is -0.719. The molecule has 1 aliphatic rings. The van der Waals surface area contributed by atoms with Gasteiger partial charge in [0.15, 0.2) is 0 Å². The fourth-order valence-electron chi connectivity index (χ4n) is 4.42. The minimum absolute atomic E-state index is 0.135. The van der Waals surface area contributed by atoms with Crippen LogP contribution in [0.3, 0.4) is 0 Å². The summed E-state index contributed by atoms with van der Waals surface area (Å²) in [5.74, 6) is 1.99. The molecule has 1 saturated heterocycles. The molecule has 0 amide bonds. The average molecular weight is 448 g/mol. The Bertz CT molecular complexity index is 1080. The van der Waals surface area contributed by atoms with E-state index in [4.69, 9.17) is 14.2 Å². The number of nitrogens with zero attached hydrogens (tertiary/aromatic N) is 1. The number of carboxylic acids is 1. The third-order valence-corrected chi connectivity index (χ3v) is 6.13. The van der Waals surface area contributed by atoms with E-state index in [0.717, 1.165) is 34.1 Å². The first-order chi connectivity index (χ1) is 16.1. The van der Waals surface area contributed by atoms with Gasteiger partial charge in [0.2, 0.25) is 0 Å². The molecule has 3 aromatic carbocycles. The van der Waals surface area contributed by atoms with Crippen molar-refractivity contribution in [2.75, 3.05) is 27.3 Å². The Kier molecular flexibility index (Phi) is 7.15. The number of methoxy groups -OCH3 is 2. The molecule has 6 heteroatoms. The lowest BCUT2D eigenvalue weighted by Crippen LogP contribution is -2.39. The van der Waals surface area contributed by atoms with Crippen LogP contribution in [0.15, 0.2) is 72.8 Å². The molecule has 0 aliphatic carbocycles. The second kappa shape index (κ2) is 10.4. The van der Waals surface area contributed by atoms with Crippen LogP contribution in [-0.2, 0) is 4.79 Å².